The Balaban J connectivity index is 2.06. The highest BCUT2D eigenvalue weighted by molar-refractivity contribution is 6.33. The Bertz CT molecular complexity index is 706. The van der Waals surface area contributed by atoms with Crippen LogP contribution >= 0.6 is 11.6 Å². The molecular weight excluding hydrogens is 251 g/mol. The lowest BCUT2D eigenvalue weighted by atomic mass is 10.1. The molecule has 0 bridgehead atoms. The van der Waals surface area contributed by atoms with E-state index >= 15 is 0 Å². The molecule has 0 saturated carbocycles. The zero-order valence-electron chi connectivity index (χ0n) is 9.48. The van der Waals surface area contributed by atoms with E-state index < -0.39 is 0 Å². The summed E-state index contributed by atoms with van der Waals surface area (Å²) in [5.74, 6) is 0.564. The number of benzene rings is 1. The van der Waals surface area contributed by atoms with Gasteiger partial charge >= 0.3 is 0 Å². The minimum absolute atomic E-state index is 0.212. The normalized spacial score (nSPS) is 11.0. The third kappa shape index (κ3) is 1.87. The van der Waals surface area contributed by atoms with Crippen LogP contribution in [0.5, 0.6) is 0 Å². The van der Waals surface area contributed by atoms with Crippen LogP contribution in [0.4, 0.5) is 4.39 Å². The van der Waals surface area contributed by atoms with Crippen molar-refractivity contribution in [3.05, 3.63) is 71.0 Å². The van der Waals surface area contributed by atoms with Gasteiger partial charge in [0.1, 0.15) is 11.6 Å². The Labute approximate surface area is 109 Å². The van der Waals surface area contributed by atoms with E-state index in [1.165, 1.54) is 6.07 Å². The van der Waals surface area contributed by atoms with Gasteiger partial charge < -0.3 is 4.40 Å². The molecule has 2 heterocycles. The van der Waals surface area contributed by atoms with Crippen LogP contribution < -0.4 is 0 Å². The summed E-state index contributed by atoms with van der Waals surface area (Å²) in [6, 6.07) is 10.4. The molecule has 4 heteroatoms. The van der Waals surface area contributed by atoms with Crippen LogP contribution in [0.2, 0.25) is 5.02 Å². The van der Waals surface area contributed by atoms with Gasteiger partial charge in [-0.1, -0.05) is 29.8 Å². The molecule has 0 aliphatic heterocycles. The van der Waals surface area contributed by atoms with Gasteiger partial charge in [0.2, 0.25) is 0 Å². The van der Waals surface area contributed by atoms with Crippen molar-refractivity contribution in [2.75, 3.05) is 0 Å². The zero-order valence-corrected chi connectivity index (χ0v) is 10.2. The lowest BCUT2D eigenvalue weighted by Gasteiger charge is -2.03. The van der Waals surface area contributed by atoms with E-state index in [0.717, 1.165) is 11.3 Å². The molecule has 0 atom stereocenters. The summed E-state index contributed by atoms with van der Waals surface area (Å²) in [6.45, 7) is 0. The maximum absolute atomic E-state index is 13.6. The van der Waals surface area contributed by atoms with Gasteiger partial charge in [-0.3, -0.25) is 0 Å². The molecule has 90 valence electrons. The Morgan fingerprint density at radius 2 is 2.00 bits per heavy atom. The summed E-state index contributed by atoms with van der Waals surface area (Å²) < 4.78 is 15.5. The Hall–Kier alpha value is -1.87. The number of nitrogens with zero attached hydrogens (tertiary/aromatic N) is 2. The highest BCUT2D eigenvalue weighted by atomic mass is 35.5. The van der Waals surface area contributed by atoms with Crippen molar-refractivity contribution in [2.24, 2.45) is 0 Å². The van der Waals surface area contributed by atoms with E-state index in [0.29, 0.717) is 17.0 Å². The SMILES string of the molecule is Fc1ccccc1Cc1ncc2c(Cl)cccn12. The average Bonchev–Trinajstić information content (AvgIpc) is 2.77. The van der Waals surface area contributed by atoms with Crippen molar-refractivity contribution >= 4 is 17.1 Å². The molecule has 0 spiro atoms. The van der Waals surface area contributed by atoms with Crippen molar-refractivity contribution in [1.29, 1.82) is 0 Å². The molecule has 2 aromatic heterocycles. The van der Waals surface area contributed by atoms with Gasteiger partial charge in [-0.05, 0) is 23.8 Å². The minimum Gasteiger partial charge on any atom is -0.302 e. The molecule has 18 heavy (non-hydrogen) atoms. The lowest BCUT2D eigenvalue weighted by molar-refractivity contribution is 0.612. The minimum atomic E-state index is -0.212. The van der Waals surface area contributed by atoms with Crippen LogP contribution in [0.1, 0.15) is 11.4 Å². The quantitative estimate of drug-likeness (QED) is 0.686. The van der Waals surface area contributed by atoms with E-state index in [4.69, 9.17) is 11.6 Å². The first kappa shape index (κ1) is 11.2. The number of aromatic nitrogens is 2. The molecule has 3 aromatic rings. The first-order valence-corrected chi connectivity index (χ1v) is 5.97. The number of fused-ring (bicyclic) bond motifs is 1. The smallest absolute Gasteiger partial charge is 0.126 e. The van der Waals surface area contributed by atoms with Gasteiger partial charge in [0.15, 0.2) is 0 Å². The molecule has 2 nitrogen and oxygen atoms in total. The van der Waals surface area contributed by atoms with E-state index in [-0.39, 0.29) is 5.82 Å². The molecule has 1 aromatic carbocycles. The Morgan fingerprint density at radius 3 is 2.83 bits per heavy atom. The van der Waals surface area contributed by atoms with E-state index in [1.807, 2.05) is 28.8 Å². The van der Waals surface area contributed by atoms with Crippen LogP contribution in [0.3, 0.4) is 0 Å². The third-order valence-corrected chi connectivity index (χ3v) is 3.22. The Kier molecular flexibility index (Phi) is 2.76. The molecule has 0 fully saturated rings. The van der Waals surface area contributed by atoms with Crippen molar-refractivity contribution in [1.82, 2.24) is 9.38 Å². The van der Waals surface area contributed by atoms with Crippen molar-refractivity contribution in [2.45, 2.75) is 6.42 Å². The van der Waals surface area contributed by atoms with Crippen LogP contribution in [0.25, 0.3) is 5.52 Å². The van der Waals surface area contributed by atoms with Crippen molar-refractivity contribution in [3.63, 3.8) is 0 Å². The maximum Gasteiger partial charge on any atom is 0.126 e. The second-order valence-corrected chi connectivity index (χ2v) is 4.46. The summed E-state index contributed by atoms with van der Waals surface area (Å²) >= 11 is 6.07. The molecular formula is C14H10ClFN2. The predicted octanol–water partition coefficient (Wildman–Crippen LogP) is 3.72. The molecule has 0 N–H and O–H groups in total. The number of halogens is 2. The number of rotatable bonds is 2. The standard InChI is InChI=1S/C14H10ClFN2/c15-11-5-3-7-18-13(11)9-17-14(18)8-10-4-1-2-6-12(10)16/h1-7,9H,8H2. The fourth-order valence-electron chi connectivity index (χ4n) is 1.98. The summed E-state index contributed by atoms with van der Waals surface area (Å²) in [5, 5.41) is 0.643. The van der Waals surface area contributed by atoms with Crippen LogP contribution in [0, 0.1) is 5.82 Å². The second kappa shape index (κ2) is 4.42. The first-order chi connectivity index (χ1) is 8.75. The summed E-state index contributed by atoms with van der Waals surface area (Å²) in [7, 11) is 0. The number of pyridine rings is 1. The third-order valence-electron chi connectivity index (χ3n) is 2.90. The molecule has 3 rings (SSSR count). The van der Waals surface area contributed by atoms with Crippen molar-refractivity contribution in [3.8, 4) is 0 Å². The van der Waals surface area contributed by atoms with E-state index in [1.54, 1.807) is 18.3 Å². The second-order valence-electron chi connectivity index (χ2n) is 4.05. The summed E-state index contributed by atoms with van der Waals surface area (Å²) in [4.78, 5) is 4.30. The van der Waals surface area contributed by atoms with Gasteiger partial charge in [0.25, 0.3) is 0 Å². The highest BCUT2D eigenvalue weighted by Gasteiger charge is 2.09. The van der Waals surface area contributed by atoms with Gasteiger partial charge in [-0.25, -0.2) is 9.37 Å². The fraction of sp³-hybridized carbons (Fsp3) is 0.0714. The van der Waals surface area contributed by atoms with E-state index in [9.17, 15) is 4.39 Å². The summed E-state index contributed by atoms with van der Waals surface area (Å²) in [6.07, 6.45) is 4.03. The van der Waals surface area contributed by atoms with Gasteiger partial charge in [-0.2, -0.15) is 0 Å². The van der Waals surface area contributed by atoms with Gasteiger partial charge in [0.05, 0.1) is 16.7 Å². The molecule has 0 unspecified atom stereocenters. The monoisotopic (exact) mass is 260 g/mol. The Morgan fingerprint density at radius 1 is 1.17 bits per heavy atom. The molecule has 0 aliphatic carbocycles. The fourth-order valence-corrected chi connectivity index (χ4v) is 2.20. The van der Waals surface area contributed by atoms with Gasteiger partial charge in [-0.15, -0.1) is 0 Å². The predicted molar refractivity (Wildman–Crippen MR) is 69.4 cm³/mol. The van der Waals surface area contributed by atoms with E-state index in [2.05, 4.69) is 4.98 Å². The lowest BCUT2D eigenvalue weighted by Crippen LogP contribution is -1.98. The topological polar surface area (TPSA) is 17.3 Å². The largest absolute Gasteiger partial charge is 0.302 e. The number of hydrogen-bond acceptors (Lipinski definition) is 1. The highest BCUT2D eigenvalue weighted by Crippen LogP contribution is 2.19. The van der Waals surface area contributed by atoms with Crippen LogP contribution in [-0.4, -0.2) is 9.38 Å². The summed E-state index contributed by atoms with van der Waals surface area (Å²) in [5.41, 5.74) is 1.47. The first-order valence-electron chi connectivity index (χ1n) is 5.59. The van der Waals surface area contributed by atoms with Crippen molar-refractivity contribution < 1.29 is 4.39 Å². The maximum atomic E-state index is 13.6. The molecule has 0 saturated heterocycles. The number of imidazole rings is 1. The average molecular weight is 261 g/mol. The molecule has 0 amide bonds. The number of hydrogen-bond donors (Lipinski definition) is 0. The van der Waals surface area contributed by atoms with Crippen LogP contribution in [0.15, 0.2) is 48.8 Å². The van der Waals surface area contributed by atoms with Crippen LogP contribution in [-0.2, 0) is 6.42 Å². The zero-order chi connectivity index (χ0) is 12.5. The van der Waals surface area contributed by atoms with Gasteiger partial charge in [0, 0.05) is 12.6 Å². The molecule has 0 aliphatic rings. The molecule has 0 radical (unpaired) electrons.